The summed E-state index contributed by atoms with van der Waals surface area (Å²) in [4.78, 5) is 28.7. The van der Waals surface area contributed by atoms with E-state index in [0.717, 1.165) is 36.1 Å². The van der Waals surface area contributed by atoms with Crippen LogP contribution in [-0.4, -0.2) is 47.6 Å². The maximum Gasteiger partial charge on any atom is 0.295 e. The third-order valence-electron chi connectivity index (χ3n) is 7.78. The molecule has 1 fully saturated rings. The van der Waals surface area contributed by atoms with Crippen molar-refractivity contribution in [1.29, 1.82) is 0 Å². The number of hydrogen-bond acceptors (Lipinski definition) is 6. The van der Waals surface area contributed by atoms with E-state index in [1.165, 1.54) is 0 Å². The molecule has 0 spiro atoms. The Morgan fingerprint density at radius 1 is 0.976 bits per heavy atom. The van der Waals surface area contributed by atoms with Gasteiger partial charge in [0.1, 0.15) is 17.6 Å². The number of benzene rings is 3. The van der Waals surface area contributed by atoms with E-state index in [1.54, 1.807) is 11.0 Å². The lowest BCUT2D eigenvalue weighted by atomic mass is 9.94. The van der Waals surface area contributed by atoms with Crippen LogP contribution in [0.25, 0.3) is 5.76 Å². The van der Waals surface area contributed by atoms with Gasteiger partial charge in [0.05, 0.1) is 24.8 Å². The van der Waals surface area contributed by atoms with Crippen molar-refractivity contribution in [2.45, 2.75) is 65.0 Å². The standard InChI is InChI=1S/C35H39NO6/c1-4-6-10-19-41-29-16-13-25(22-30(29)40-5-2)32-31(33(37)26-14-15-28-27(21-26)20-23(3)42-28)34(38)35(39)36(32)18-17-24-11-8-7-9-12-24/h7-9,11-16,21-23,32,37H,4-6,10,17-20H2,1-3H3/b33-31+/t23-,32+/m1/s1. The Morgan fingerprint density at radius 2 is 1.79 bits per heavy atom. The van der Waals surface area contributed by atoms with E-state index in [2.05, 4.69) is 6.92 Å². The summed E-state index contributed by atoms with van der Waals surface area (Å²) in [5.41, 5.74) is 3.24. The monoisotopic (exact) mass is 569 g/mol. The topological polar surface area (TPSA) is 85.3 Å². The van der Waals surface area contributed by atoms with Gasteiger partial charge in [-0.1, -0.05) is 56.2 Å². The molecule has 0 aromatic heterocycles. The number of carbonyl (C=O) groups is 2. The highest BCUT2D eigenvalue weighted by Crippen LogP contribution is 2.43. The molecule has 0 bridgehead atoms. The van der Waals surface area contributed by atoms with E-state index in [4.69, 9.17) is 14.2 Å². The highest BCUT2D eigenvalue weighted by atomic mass is 16.5. The summed E-state index contributed by atoms with van der Waals surface area (Å²) in [7, 11) is 0. The number of aliphatic hydroxyl groups excluding tert-OH is 1. The lowest BCUT2D eigenvalue weighted by Crippen LogP contribution is -2.31. The maximum absolute atomic E-state index is 13.6. The molecule has 1 saturated heterocycles. The van der Waals surface area contributed by atoms with Crippen molar-refractivity contribution in [3.8, 4) is 17.2 Å². The molecule has 2 heterocycles. The van der Waals surface area contributed by atoms with Crippen LogP contribution >= 0.6 is 0 Å². The minimum absolute atomic E-state index is 0.0423. The molecule has 0 saturated carbocycles. The van der Waals surface area contributed by atoms with Gasteiger partial charge in [-0.05, 0) is 73.7 Å². The van der Waals surface area contributed by atoms with E-state index in [9.17, 15) is 14.7 Å². The number of rotatable bonds is 12. The van der Waals surface area contributed by atoms with E-state index in [1.807, 2.05) is 74.5 Å². The van der Waals surface area contributed by atoms with E-state index < -0.39 is 17.7 Å². The smallest absolute Gasteiger partial charge is 0.295 e. The molecule has 2 atom stereocenters. The molecule has 0 unspecified atom stereocenters. The predicted octanol–water partition coefficient (Wildman–Crippen LogP) is 6.64. The number of likely N-dealkylation sites (tertiary alicyclic amines) is 1. The van der Waals surface area contributed by atoms with Crippen LogP contribution in [0.5, 0.6) is 17.2 Å². The Morgan fingerprint density at radius 3 is 2.55 bits per heavy atom. The van der Waals surface area contributed by atoms with Gasteiger partial charge in [-0.2, -0.15) is 0 Å². The molecule has 7 heteroatoms. The van der Waals surface area contributed by atoms with Crippen molar-refractivity contribution < 1.29 is 28.9 Å². The summed E-state index contributed by atoms with van der Waals surface area (Å²) in [6.07, 6.45) is 4.43. The predicted molar refractivity (Wildman–Crippen MR) is 162 cm³/mol. The molecule has 2 aliphatic rings. The van der Waals surface area contributed by atoms with Crippen LogP contribution in [0.3, 0.4) is 0 Å². The third-order valence-corrected chi connectivity index (χ3v) is 7.78. The van der Waals surface area contributed by atoms with Crippen molar-refractivity contribution in [1.82, 2.24) is 4.90 Å². The van der Waals surface area contributed by atoms with E-state index in [-0.39, 0.29) is 17.4 Å². The fraction of sp³-hybridized carbons (Fsp3) is 0.371. The SMILES string of the molecule is CCCCCOc1ccc([C@H]2/C(=C(\O)c3ccc4c(c3)C[C@@H](C)O4)C(=O)C(=O)N2CCc2ccccc2)cc1OCC. The zero-order chi connectivity index (χ0) is 29.6. The molecule has 0 radical (unpaired) electrons. The number of amides is 1. The Labute approximate surface area is 247 Å². The maximum atomic E-state index is 13.6. The number of carbonyl (C=O) groups excluding carboxylic acids is 2. The van der Waals surface area contributed by atoms with E-state index >= 15 is 0 Å². The van der Waals surface area contributed by atoms with Crippen molar-refractivity contribution >= 4 is 17.4 Å². The fourth-order valence-electron chi connectivity index (χ4n) is 5.69. The zero-order valence-electron chi connectivity index (χ0n) is 24.6. The van der Waals surface area contributed by atoms with Gasteiger partial charge in [-0.25, -0.2) is 0 Å². The molecular formula is C35H39NO6. The second kappa shape index (κ2) is 13.1. The second-order valence-electron chi connectivity index (χ2n) is 10.9. The van der Waals surface area contributed by atoms with Gasteiger partial charge in [0, 0.05) is 18.5 Å². The summed E-state index contributed by atoms with van der Waals surface area (Å²) in [5.74, 6) is 0.409. The van der Waals surface area contributed by atoms with Crippen LogP contribution in [0, 0.1) is 0 Å². The molecule has 0 aliphatic carbocycles. The van der Waals surface area contributed by atoms with Gasteiger partial charge >= 0.3 is 0 Å². The Hall–Kier alpha value is -4.26. The summed E-state index contributed by atoms with van der Waals surface area (Å²) in [6, 6.07) is 20.0. The van der Waals surface area contributed by atoms with Crippen LogP contribution < -0.4 is 14.2 Å². The van der Waals surface area contributed by atoms with Crippen LogP contribution in [0.1, 0.15) is 68.3 Å². The van der Waals surface area contributed by atoms with Crippen molar-refractivity contribution in [3.63, 3.8) is 0 Å². The summed E-state index contributed by atoms with van der Waals surface area (Å²) in [5, 5.41) is 11.6. The van der Waals surface area contributed by atoms with Gasteiger partial charge in [0.15, 0.2) is 11.5 Å². The quantitative estimate of drug-likeness (QED) is 0.114. The number of nitrogens with zero attached hydrogens (tertiary/aromatic N) is 1. The summed E-state index contributed by atoms with van der Waals surface area (Å²) in [6.45, 7) is 7.35. The molecule has 42 heavy (non-hydrogen) atoms. The number of Topliss-reactive ketones (excluding diaryl/α,β-unsaturated/α-hetero) is 1. The average Bonchev–Trinajstić information content (AvgIpc) is 3.50. The summed E-state index contributed by atoms with van der Waals surface area (Å²) < 4.78 is 17.8. The van der Waals surface area contributed by atoms with Crippen molar-refractivity contribution in [3.05, 3.63) is 94.6 Å². The molecular weight excluding hydrogens is 530 g/mol. The highest BCUT2D eigenvalue weighted by Gasteiger charge is 2.46. The molecule has 5 rings (SSSR count). The molecule has 3 aromatic carbocycles. The number of ether oxygens (including phenoxy) is 3. The molecule has 1 amide bonds. The minimum atomic E-state index is -0.787. The number of ketones is 1. The number of unbranched alkanes of at least 4 members (excludes halogenated alkanes) is 2. The largest absolute Gasteiger partial charge is 0.507 e. The van der Waals surface area contributed by atoms with Crippen molar-refractivity contribution in [2.75, 3.05) is 19.8 Å². The first-order valence-corrected chi connectivity index (χ1v) is 14.9. The van der Waals surface area contributed by atoms with Crippen molar-refractivity contribution in [2.24, 2.45) is 0 Å². The van der Waals surface area contributed by atoms with Crippen LogP contribution in [0.2, 0.25) is 0 Å². The molecule has 3 aromatic rings. The first kappa shape index (κ1) is 29.2. The molecule has 1 N–H and O–H groups in total. The molecule has 220 valence electrons. The minimum Gasteiger partial charge on any atom is -0.507 e. The van der Waals surface area contributed by atoms with Gasteiger partial charge in [0.25, 0.3) is 11.7 Å². The zero-order valence-corrected chi connectivity index (χ0v) is 24.6. The third kappa shape index (κ3) is 6.15. The number of aliphatic hydroxyl groups is 1. The molecule has 2 aliphatic heterocycles. The summed E-state index contributed by atoms with van der Waals surface area (Å²) >= 11 is 0. The molecule has 7 nitrogen and oxygen atoms in total. The lowest BCUT2D eigenvalue weighted by molar-refractivity contribution is -0.139. The highest BCUT2D eigenvalue weighted by molar-refractivity contribution is 6.46. The average molecular weight is 570 g/mol. The fourth-order valence-corrected chi connectivity index (χ4v) is 5.69. The van der Waals surface area contributed by atoms with Crippen LogP contribution in [0.15, 0.2) is 72.3 Å². The first-order chi connectivity index (χ1) is 20.4. The second-order valence-corrected chi connectivity index (χ2v) is 10.9. The van der Waals surface area contributed by atoms with Crippen LogP contribution in [-0.2, 0) is 22.4 Å². The van der Waals surface area contributed by atoms with Gasteiger partial charge < -0.3 is 24.2 Å². The Bertz CT molecular complexity index is 1460. The Balaban J connectivity index is 1.55. The lowest BCUT2D eigenvalue weighted by Gasteiger charge is -2.26. The van der Waals surface area contributed by atoms with Gasteiger partial charge in [-0.3, -0.25) is 9.59 Å². The number of hydrogen-bond donors (Lipinski definition) is 1. The van der Waals surface area contributed by atoms with Crippen LogP contribution in [0.4, 0.5) is 0 Å². The normalized spacial score (nSPS) is 19.1. The van der Waals surface area contributed by atoms with Gasteiger partial charge in [0.2, 0.25) is 0 Å². The Kier molecular flexibility index (Phi) is 9.15. The van der Waals surface area contributed by atoms with E-state index in [0.29, 0.717) is 55.2 Å². The number of fused-ring (bicyclic) bond motifs is 1. The van der Waals surface area contributed by atoms with Gasteiger partial charge in [-0.15, -0.1) is 0 Å². The first-order valence-electron chi connectivity index (χ1n) is 14.9.